The number of rotatable bonds is 8. The molecule has 0 atom stereocenters. The second-order valence-corrected chi connectivity index (χ2v) is 5.80. The van der Waals surface area contributed by atoms with Crippen LogP contribution < -0.4 is 0 Å². The number of hydrogen-bond acceptors (Lipinski definition) is 2. The van der Waals surface area contributed by atoms with Gasteiger partial charge in [0.1, 0.15) is 0 Å². The Morgan fingerprint density at radius 1 is 0.810 bits per heavy atom. The van der Waals surface area contributed by atoms with Gasteiger partial charge in [-0.1, -0.05) is 63.3 Å². The highest BCUT2D eigenvalue weighted by Crippen LogP contribution is 2.17. The molecular weight excluding hydrogens is 256 g/mol. The molecule has 0 radical (unpaired) electrons. The summed E-state index contributed by atoms with van der Waals surface area (Å²) in [7, 11) is 0. The van der Waals surface area contributed by atoms with E-state index in [2.05, 4.69) is 41.2 Å². The molecule has 0 aliphatic rings. The Balaban J connectivity index is 1.80. The minimum absolute atomic E-state index is 0.812. The summed E-state index contributed by atoms with van der Waals surface area (Å²) in [6.07, 6.45) is 13.0. The Labute approximate surface area is 128 Å². The van der Waals surface area contributed by atoms with E-state index in [1.165, 1.54) is 50.5 Å². The van der Waals surface area contributed by atoms with Crippen molar-refractivity contribution in [1.82, 2.24) is 9.97 Å². The predicted octanol–water partition coefficient (Wildman–Crippen LogP) is 5.36. The molecule has 0 saturated heterocycles. The first-order valence-corrected chi connectivity index (χ1v) is 8.17. The van der Waals surface area contributed by atoms with Crippen LogP contribution in [0, 0.1) is 6.92 Å². The van der Waals surface area contributed by atoms with Gasteiger partial charge in [0.15, 0.2) is 5.82 Å². The van der Waals surface area contributed by atoms with Crippen LogP contribution in [0.3, 0.4) is 0 Å². The van der Waals surface area contributed by atoms with Crippen molar-refractivity contribution in [3.05, 3.63) is 47.8 Å². The van der Waals surface area contributed by atoms with Gasteiger partial charge in [-0.15, -0.1) is 0 Å². The first kappa shape index (κ1) is 15.7. The van der Waals surface area contributed by atoms with E-state index in [0.717, 1.165) is 17.0 Å². The Hall–Kier alpha value is -1.70. The van der Waals surface area contributed by atoms with Crippen LogP contribution in [0.15, 0.2) is 36.7 Å². The van der Waals surface area contributed by atoms with Gasteiger partial charge in [-0.2, -0.15) is 0 Å². The van der Waals surface area contributed by atoms with Gasteiger partial charge in [0.05, 0.1) is 0 Å². The Morgan fingerprint density at radius 3 is 2.10 bits per heavy atom. The normalized spacial score (nSPS) is 10.8. The fourth-order valence-electron chi connectivity index (χ4n) is 2.47. The van der Waals surface area contributed by atoms with Gasteiger partial charge in [0, 0.05) is 18.0 Å². The molecule has 112 valence electrons. The summed E-state index contributed by atoms with van der Waals surface area (Å²) in [6, 6.07) is 8.70. The quantitative estimate of drug-likeness (QED) is 0.609. The maximum Gasteiger partial charge on any atom is 0.159 e. The van der Waals surface area contributed by atoms with E-state index >= 15 is 0 Å². The van der Waals surface area contributed by atoms with E-state index in [9.17, 15) is 0 Å². The molecule has 21 heavy (non-hydrogen) atoms. The van der Waals surface area contributed by atoms with Gasteiger partial charge in [0.25, 0.3) is 0 Å². The van der Waals surface area contributed by atoms with Gasteiger partial charge >= 0.3 is 0 Å². The summed E-state index contributed by atoms with van der Waals surface area (Å²) >= 11 is 0. The van der Waals surface area contributed by atoms with Crippen LogP contribution in [0.5, 0.6) is 0 Å². The maximum absolute atomic E-state index is 4.37. The summed E-state index contributed by atoms with van der Waals surface area (Å²) in [5.74, 6) is 0.812. The number of unbranched alkanes of at least 4 members (excludes halogenated alkanes) is 5. The van der Waals surface area contributed by atoms with Crippen LogP contribution in [0.25, 0.3) is 11.4 Å². The largest absolute Gasteiger partial charge is 0.236 e. The zero-order chi connectivity index (χ0) is 14.9. The van der Waals surface area contributed by atoms with E-state index in [1.807, 2.05) is 19.3 Å². The zero-order valence-electron chi connectivity index (χ0n) is 13.3. The van der Waals surface area contributed by atoms with E-state index in [0.29, 0.717) is 0 Å². The molecule has 0 aliphatic heterocycles. The summed E-state index contributed by atoms with van der Waals surface area (Å²) in [4.78, 5) is 8.74. The summed E-state index contributed by atoms with van der Waals surface area (Å²) < 4.78 is 0. The van der Waals surface area contributed by atoms with Crippen LogP contribution in [0.2, 0.25) is 0 Å². The summed E-state index contributed by atoms with van der Waals surface area (Å²) in [5, 5.41) is 0. The first-order chi connectivity index (χ1) is 10.3. The molecule has 2 nitrogen and oxygen atoms in total. The number of aromatic nitrogens is 2. The maximum atomic E-state index is 4.37. The number of hydrogen-bond donors (Lipinski definition) is 0. The molecule has 0 unspecified atom stereocenters. The molecular formula is C19H26N2. The van der Waals surface area contributed by atoms with Gasteiger partial charge in [-0.3, -0.25) is 0 Å². The van der Waals surface area contributed by atoms with Crippen molar-refractivity contribution in [2.45, 2.75) is 58.8 Å². The third kappa shape index (κ3) is 5.30. The molecule has 0 saturated carbocycles. The standard InChI is InChI=1S/C19H26N2/c1-3-4-5-6-7-8-9-17-10-12-18(13-11-17)19-20-14-16(2)15-21-19/h10-15H,3-9H2,1-2H3. The smallest absolute Gasteiger partial charge is 0.159 e. The molecule has 0 bridgehead atoms. The molecule has 0 N–H and O–H groups in total. The van der Waals surface area contributed by atoms with Crippen molar-refractivity contribution in [2.75, 3.05) is 0 Å². The Bertz CT molecular complexity index is 514. The average Bonchev–Trinajstić information content (AvgIpc) is 2.52. The second-order valence-electron chi connectivity index (χ2n) is 5.80. The topological polar surface area (TPSA) is 25.8 Å². The molecule has 0 spiro atoms. The highest BCUT2D eigenvalue weighted by atomic mass is 14.9. The molecule has 2 aromatic rings. The average molecular weight is 282 g/mol. The van der Waals surface area contributed by atoms with Crippen molar-refractivity contribution in [2.24, 2.45) is 0 Å². The lowest BCUT2D eigenvalue weighted by Gasteiger charge is -2.04. The van der Waals surface area contributed by atoms with E-state index in [4.69, 9.17) is 0 Å². The number of aryl methyl sites for hydroxylation is 2. The predicted molar refractivity (Wildman–Crippen MR) is 89.3 cm³/mol. The van der Waals surface area contributed by atoms with Crippen LogP contribution in [-0.4, -0.2) is 9.97 Å². The van der Waals surface area contributed by atoms with Gasteiger partial charge < -0.3 is 0 Å². The lowest BCUT2D eigenvalue weighted by molar-refractivity contribution is 0.607. The molecule has 0 aliphatic carbocycles. The third-order valence-corrected chi connectivity index (χ3v) is 3.81. The second kappa shape index (κ2) is 8.56. The van der Waals surface area contributed by atoms with Gasteiger partial charge in [-0.25, -0.2) is 9.97 Å². The van der Waals surface area contributed by atoms with Crippen LogP contribution in [0.4, 0.5) is 0 Å². The summed E-state index contributed by atoms with van der Waals surface area (Å²) in [6.45, 7) is 4.27. The van der Waals surface area contributed by atoms with Crippen molar-refractivity contribution in [3.8, 4) is 11.4 Å². The SMILES string of the molecule is CCCCCCCCc1ccc(-c2ncc(C)cn2)cc1. The van der Waals surface area contributed by atoms with E-state index in [-0.39, 0.29) is 0 Å². The fourth-order valence-corrected chi connectivity index (χ4v) is 2.47. The molecule has 0 fully saturated rings. The van der Waals surface area contributed by atoms with Gasteiger partial charge in [0.2, 0.25) is 0 Å². The van der Waals surface area contributed by atoms with Crippen molar-refractivity contribution in [3.63, 3.8) is 0 Å². The molecule has 0 amide bonds. The Kier molecular flexibility index (Phi) is 6.39. The number of nitrogens with zero attached hydrogens (tertiary/aromatic N) is 2. The molecule has 1 heterocycles. The van der Waals surface area contributed by atoms with Gasteiger partial charge in [-0.05, 0) is 30.9 Å². The highest BCUT2D eigenvalue weighted by Gasteiger charge is 2.01. The van der Waals surface area contributed by atoms with Crippen LogP contribution in [0.1, 0.15) is 56.6 Å². The lowest BCUT2D eigenvalue weighted by atomic mass is 10.0. The fraction of sp³-hybridized carbons (Fsp3) is 0.474. The minimum atomic E-state index is 0.812. The molecule has 2 heteroatoms. The third-order valence-electron chi connectivity index (χ3n) is 3.81. The first-order valence-electron chi connectivity index (χ1n) is 8.17. The van der Waals surface area contributed by atoms with Crippen molar-refractivity contribution in [1.29, 1.82) is 0 Å². The van der Waals surface area contributed by atoms with Crippen molar-refractivity contribution >= 4 is 0 Å². The monoisotopic (exact) mass is 282 g/mol. The molecule has 1 aromatic carbocycles. The minimum Gasteiger partial charge on any atom is -0.236 e. The Morgan fingerprint density at radius 2 is 1.43 bits per heavy atom. The van der Waals surface area contributed by atoms with Crippen LogP contribution in [-0.2, 0) is 6.42 Å². The van der Waals surface area contributed by atoms with E-state index in [1.54, 1.807) is 0 Å². The van der Waals surface area contributed by atoms with E-state index < -0.39 is 0 Å². The summed E-state index contributed by atoms with van der Waals surface area (Å²) in [5.41, 5.74) is 3.61. The highest BCUT2D eigenvalue weighted by molar-refractivity contribution is 5.55. The van der Waals surface area contributed by atoms with Crippen LogP contribution >= 0.6 is 0 Å². The molecule has 1 aromatic heterocycles. The van der Waals surface area contributed by atoms with Crippen molar-refractivity contribution < 1.29 is 0 Å². The number of benzene rings is 1. The lowest BCUT2D eigenvalue weighted by Crippen LogP contribution is -1.90. The zero-order valence-corrected chi connectivity index (χ0v) is 13.3. The molecule has 2 rings (SSSR count).